The van der Waals surface area contributed by atoms with Gasteiger partial charge in [-0.3, -0.25) is 9.59 Å². The van der Waals surface area contributed by atoms with Crippen molar-refractivity contribution < 1.29 is 31.5 Å². The van der Waals surface area contributed by atoms with Gasteiger partial charge in [-0.15, -0.1) is 0 Å². The molecule has 8 nitrogen and oxygen atoms in total. The average Bonchev–Trinajstić information content (AvgIpc) is 3.57. The van der Waals surface area contributed by atoms with Gasteiger partial charge in [0.05, 0.1) is 17.2 Å². The lowest BCUT2D eigenvalue weighted by molar-refractivity contribution is -0.137. The van der Waals surface area contributed by atoms with Crippen molar-refractivity contribution in [2.24, 2.45) is 0 Å². The molecule has 1 atom stereocenters. The fourth-order valence-corrected chi connectivity index (χ4v) is 5.14. The van der Waals surface area contributed by atoms with Crippen LogP contribution in [0.15, 0.2) is 67.1 Å². The van der Waals surface area contributed by atoms with Gasteiger partial charge in [0.15, 0.2) is 5.65 Å². The number of aromatic nitrogens is 3. The van der Waals surface area contributed by atoms with Crippen LogP contribution in [0, 0.1) is 23.0 Å². The molecule has 0 spiro atoms. The summed E-state index contributed by atoms with van der Waals surface area (Å²) in [4.78, 5) is 30.5. The summed E-state index contributed by atoms with van der Waals surface area (Å²) >= 11 is 6.33. The number of nitrogens with zero attached hydrogens (tertiary/aromatic N) is 4. The fourth-order valence-electron chi connectivity index (χ4n) is 4.92. The Morgan fingerprint density at radius 1 is 1.05 bits per heavy atom. The zero-order valence-electron chi connectivity index (χ0n) is 21.3. The van der Waals surface area contributed by atoms with Crippen LogP contribution in [-0.4, -0.2) is 26.4 Å². The second-order valence-electron chi connectivity index (χ2n) is 9.52. The number of carbonyl (C=O) groups is 2. The van der Waals surface area contributed by atoms with Crippen molar-refractivity contribution >= 4 is 34.7 Å². The Balaban J connectivity index is 1.54. The number of amides is 2. The minimum absolute atomic E-state index is 0.0329. The standard InChI is InChI=1S/C29H14ClF5N6O2/c30-22-2-1-18(31)9-20(22)25-24-21(28(43)40-25)6-13(16-3-15(10-36)26-37-12-38-41(26)11-16)7-23(24)39-27(42)14-4-17(29(33,34)35)8-19(32)5-14/h1-9,11-12,25H,(H,39,42)(H,40,43). The first kappa shape index (κ1) is 27.8. The van der Waals surface area contributed by atoms with Crippen LogP contribution in [0.1, 0.15) is 49.0 Å². The molecule has 1 unspecified atom stereocenters. The number of hydrogen-bond acceptors (Lipinski definition) is 5. The maximum atomic E-state index is 14.2. The van der Waals surface area contributed by atoms with Gasteiger partial charge in [-0.25, -0.2) is 18.3 Å². The van der Waals surface area contributed by atoms with Crippen molar-refractivity contribution in [1.29, 1.82) is 5.26 Å². The van der Waals surface area contributed by atoms with Gasteiger partial charge >= 0.3 is 6.18 Å². The summed E-state index contributed by atoms with van der Waals surface area (Å²) in [5, 5.41) is 18.9. The first-order valence-electron chi connectivity index (χ1n) is 12.3. The summed E-state index contributed by atoms with van der Waals surface area (Å²) in [5.41, 5.74) is -0.648. The minimum atomic E-state index is -4.92. The molecule has 0 aliphatic carbocycles. The molecular weight excluding hydrogens is 595 g/mol. The first-order valence-corrected chi connectivity index (χ1v) is 12.7. The highest BCUT2D eigenvalue weighted by Crippen LogP contribution is 2.42. The molecule has 6 rings (SSSR count). The van der Waals surface area contributed by atoms with Crippen LogP contribution >= 0.6 is 11.6 Å². The Hall–Kier alpha value is -5.35. The highest BCUT2D eigenvalue weighted by Gasteiger charge is 2.36. The van der Waals surface area contributed by atoms with Crippen LogP contribution in [-0.2, 0) is 6.18 Å². The summed E-state index contributed by atoms with van der Waals surface area (Å²) in [7, 11) is 0. The zero-order valence-corrected chi connectivity index (χ0v) is 22.1. The lowest BCUT2D eigenvalue weighted by atomic mass is 9.92. The summed E-state index contributed by atoms with van der Waals surface area (Å²) < 4.78 is 69.7. The van der Waals surface area contributed by atoms with Gasteiger partial charge in [0.2, 0.25) is 0 Å². The van der Waals surface area contributed by atoms with Gasteiger partial charge in [-0.05, 0) is 60.2 Å². The quantitative estimate of drug-likeness (QED) is 0.233. The third-order valence-corrected chi connectivity index (χ3v) is 7.17. The van der Waals surface area contributed by atoms with E-state index in [0.29, 0.717) is 23.3 Å². The van der Waals surface area contributed by atoms with Crippen molar-refractivity contribution in [2.75, 3.05) is 5.32 Å². The topological polar surface area (TPSA) is 112 Å². The van der Waals surface area contributed by atoms with Gasteiger partial charge < -0.3 is 10.6 Å². The molecule has 1 aliphatic heterocycles. The predicted octanol–water partition coefficient (Wildman–Crippen LogP) is 6.30. The smallest absolute Gasteiger partial charge is 0.341 e. The van der Waals surface area contributed by atoms with Crippen LogP contribution in [0.4, 0.5) is 27.6 Å². The van der Waals surface area contributed by atoms with Gasteiger partial charge in [-0.2, -0.15) is 23.5 Å². The zero-order chi connectivity index (χ0) is 30.6. The van der Waals surface area contributed by atoms with Crippen molar-refractivity contribution in [1.82, 2.24) is 19.9 Å². The number of anilines is 1. The van der Waals surface area contributed by atoms with Crippen LogP contribution in [0.5, 0.6) is 0 Å². The lowest BCUT2D eigenvalue weighted by Gasteiger charge is -2.19. The highest BCUT2D eigenvalue weighted by molar-refractivity contribution is 6.31. The lowest BCUT2D eigenvalue weighted by Crippen LogP contribution is -2.21. The molecule has 2 amide bonds. The van der Waals surface area contributed by atoms with Gasteiger partial charge in [0.25, 0.3) is 11.8 Å². The molecule has 3 heterocycles. The Bertz CT molecular complexity index is 2030. The molecular formula is C29H14ClF5N6O2. The number of rotatable bonds is 4. The largest absolute Gasteiger partial charge is 0.416 e. The number of alkyl halides is 3. The maximum absolute atomic E-state index is 14.2. The molecule has 43 heavy (non-hydrogen) atoms. The van der Waals surface area contributed by atoms with E-state index in [1.165, 1.54) is 41.3 Å². The maximum Gasteiger partial charge on any atom is 0.416 e. The van der Waals surface area contributed by atoms with Gasteiger partial charge in [0, 0.05) is 44.7 Å². The third kappa shape index (κ3) is 5.02. The SMILES string of the molecule is N#Cc1cc(-c2cc(NC(=O)c3cc(F)cc(C(F)(F)F)c3)c3c(c2)C(=O)NC3c2cc(F)ccc2Cl)cn2ncnc12. The predicted molar refractivity (Wildman–Crippen MR) is 143 cm³/mol. The van der Waals surface area contributed by atoms with E-state index in [9.17, 15) is 36.8 Å². The van der Waals surface area contributed by atoms with Crippen molar-refractivity contribution in [3.63, 3.8) is 0 Å². The molecule has 5 aromatic rings. The van der Waals surface area contributed by atoms with E-state index in [0.717, 1.165) is 12.1 Å². The molecule has 2 aromatic heterocycles. The summed E-state index contributed by atoms with van der Waals surface area (Å²) in [5.74, 6) is -3.68. The number of fused-ring (bicyclic) bond motifs is 2. The van der Waals surface area contributed by atoms with E-state index in [2.05, 4.69) is 20.7 Å². The van der Waals surface area contributed by atoms with Crippen molar-refractivity contribution in [3.8, 4) is 17.2 Å². The number of halogens is 6. The minimum Gasteiger partial charge on any atom is -0.341 e. The highest BCUT2D eigenvalue weighted by atomic mass is 35.5. The summed E-state index contributed by atoms with van der Waals surface area (Å²) in [6.45, 7) is 0. The first-order chi connectivity index (χ1) is 20.4. The Kier molecular flexibility index (Phi) is 6.58. The number of carbonyl (C=O) groups excluding carboxylic acids is 2. The number of nitrogens with one attached hydrogen (secondary N) is 2. The van der Waals surface area contributed by atoms with E-state index < -0.39 is 46.8 Å². The fraction of sp³-hybridized carbons (Fsp3) is 0.0690. The third-order valence-electron chi connectivity index (χ3n) is 6.82. The van der Waals surface area contributed by atoms with Gasteiger partial charge in [-0.1, -0.05) is 11.6 Å². The average molecular weight is 609 g/mol. The molecule has 0 saturated heterocycles. The van der Waals surface area contributed by atoms with E-state index in [-0.39, 0.29) is 44.7 Å². The summed E-state index contributed by atoms with van der Waals surface area (Å²) in [6.07, 6.45) is -2.16. The van der Waals surface area contributed by atoms with E-state index in [1.54, 1.807) is 0 Å². The number of hydrogen-bond donors (Lipinski definition) is 2. The molecule has 14 heteroatoms. The monoisotopic (exact) mass is 608 g/mol. The molecule has 0 saturated carbocycles. The van der Waals surface area contributed by atoms with E-state index in [4.69, 9.17) is 11.6 Å². The molecule has 3 aromatic carbocycles. The normalized spacial score (nSPS) is 14.3. The van der Waals surface area contributed by atoms with E-state index >= 15 is 0 Å². The number of pyridine rings is 1. The molecule has 0 bridgehead atoms. The van der Waals surface area contributed by atoms with Crippen LogP contribution < -0.4 is 10.6 Å². The molecule has 2 N–H and O–H groups in total. The molecule has 0 fully saturated rings. The Morgan fingerprint density at radius 3 is 2.58 bits per heavy atom. The van der Waals surface area contributed by atoms with Crippen LogP contribution in [0.25, 0.3) is 16.8 Å². The second kappa shape index (κ2) is 10.2. The Morgan fingerprint density at radius 2 is 1.84 bits per heavy atom. The summed E-state index contributed by atoms with van der Waals surface area (Å²) in [6, 6.07) is 10.2. The molecule has 1 aliphatic rings. The van der Waals surface area contributed by atoms with Gasteiger partial charge in [0.1, 0.15) is 24.0 Å². The molecule has 214 valence electrons. The molecule has 0 radical (unpaired) electrons. The van der Waals surface area contributed by atoms with Crippen molar-refractivity contribution in [2.45, 2.75) is 12.2 Å². The van der Waals surface area contributed by atoms with Crippen LogP contribution in [0.2, 0.25) is 5.02 Å². The number of nitriles is 1. The van der Waals surface area contributed by atoms with Crippen LogP contribution in [0.3, 0.4) is 0 Å². The van der Waals surface area contributed by atoms with Crippen molar-refractivity contribution in [3.05, 3.63) is 117 Å². The Labute approximate surface area is 243 Å². The number of benzene rings is 3. The second-order valence-corrected chi connectivity index (χ2v) is 9.93. The van der Waals surface area contributed by atoms with E-state index in [1.807, 2.05) is 6.07 Å².